The van der Waals surface area contributed by atoms with Crippen molar-refractivity contribution in [3.8, 4) is 0 Å². The number of rotatable bonds is 5. The number of halogens is 1. The maximum absolute atomic E-state index is 13.0. The molecule has 1 aliphatic heterocycles. The van der Waals surface area contributed by atoms with Gasteiger partial charge in [-0.05, 0) is 35.7 Å². The van der Waals surface area contributed by atoms with Gasteiger partial charge < -0.3 is 10.0 Å². The molecule has 0 radical (unpaired) electrons. The first-order valence-electron chi connectivity index (χ1n) is 7.29. The van der Waals surface area contributed by atoms with E-state index in [2.05, 4.69) is 15.9 Å². The first-order chi connectivity index (χ1) is 11.5. The summed E-state index contributed by atoms with van der Waals surface area (Å²) in [4.78, 5) is 29.5. The fourth-order valence-corrected chi connectivity index (χ4v) is 3.63. The third-order valence-corrected chi connectivity index (χ3v) is 5.14. The Balaban J connectivity index is 2.08. The van der Waals surface area contributed by atoms with Crippen LogP contribution < -0.4 is 4.90 Å². The molecule has 0 atom stereocenters. The second-order valence-corrected chi connectivity index (χ2v) is 7.13. The maximum atomic E-state index is 13.0. The second kappa shape index (κ2) is 6.88. The predicted molar refractivity (Wildman–Crippen MR) is 97.6 cm³/mol. The molecule has 1 aromatic heterocycles. The second-order valence-electron chi connectivity index (χ2n) is 5.27. The van der Waals surface area contributed by atoms with Gasteiger partial charge in [-0.1, -0.05) is 22.0 Å². The van der Waals surface area contributed by atoms with Crippen LogP contribution in [0.25, 0.3) is 5.57 Å². The van der Waals surface area contributed by atoms with Crippen LogP contribution in [-0.4, -0.2) is 42.0 Å². The Morgan fingerprint density at radius 1 is 1.17 bits per heavy atom. The van der Waals surface area contributed by atoms with Crippen LogP contribution in [0.2, 0.25) is 0 Å². The highest BCUT2D eigenvalue weighted by Crippen LogP contribution is 2.36. The number of amides is 2. The van der Waals surface area contributed by atoms with E-state index in [1.165, 1.54) is 16.2 Å². The van der Waals surface area contributed by atoms with Gasteiger partial charge in [0.25, 0.3) is 11.8 Å². The van der Waals surface area contributed by atoms with Gasteiger partial charge in [-0.3, -0.25) is 9.59 Å². The molecular formula is C17H15BrN2O3S. The first-order valence-corrected chi connectivity index (χ1v) is 8.96. The number of benzene rings is 1. The number of imide groups is 1. The number of anilines is 1. The van der Waals surface area contributed by atoms with Crippen LogP contribution in [0.5, 0.6) is 0 Å². The Kier molecular flexibility index (Phi) is 4.84. The highest BCUT2D eigenvalue weighted by Gasteiger charge is 2.41. The van der Waals surface area contributed by atoms with E-state index in [0.717, 1.165) is 9.35 Å². The molecular weight excluding hydrogens is 392 g/mol. The van der Waals surface area contributed by atoms with Gasteiger partial charge in [-0.15, -0.1) is 11.3 Å². The van der Waals surface area contributed by atoms with E-state index in [9.17, 15) is 14.7 Å². The zero-order valence-corrected chi connectivity index (χ0v) is 15.3. The minimum absolute atomic E-state index is 0.0997. The quantitative estimate of drug-likeness (QED) is 0.775. The van der Waals surface area contributed by atoms with Gasteiger partial charge in [0.05, 0.1) is 17.9 Å². The Labute approximate surface area is 151 Å². The molecule has 1 N–H and O–H groups in total. The summed E-state index contributed by atoms with van der Waals surface area (Å²) >= 11 is 4.76. The number of nitrogens with zero attached hydrogens (tertiary/aromatic N) is 2. The van der Waals surface area contributed by atoms with Crippen LogP contribution in [0.4, 0.5) is 5.69 Å². The maximum Gasteiger partial charge on any atom is 0.282 e. The van der Waals surface area contributed by atoms with Gasteiger partial charge in [0.15, 0.2) is 0 Å². The lowest BCUT2D eigenvalue weighted by atomic mass is 10.2. The fraction of sp³-hybridized carbons (Fsp3) is 0.176. The van der Waals surface area contributed by atoms with Gasteiger partial charge in [0.1, 0.15) is 5.70 Å². The first kappa shape index (κ1) is 16.9. The van der Waals surface area contributed by atoms with Crippen LogP contribution >= 0.6 is 27.3 Å². The molecule has 0 fully saturated rings. The topological polar surface area (TPSA) is 60.9 Å². The molecule has 0 spiro atoms. The van der Waals surface area contributed by atoms with E-state index in [0.29, 0.717) is 17.0 Å². The lowest BCUT2D eigenvalue weighted by molar-refractivity contribution is -0.120. The summed E-state index contributed by atoms with van der Waals surface area (Å²) in [6.45, 7) is 0.175. The average Bonchev–Trinajstić information content (AvgIpc) is 3.15. The lowest BCUT2D eigenvalue weighted by Crippen LogP contribution is -2.34. The molecule has 1 aliphatic rings. The number of thiophene rings is 1. The normalized spacial score (nSPS) is 14.7. The van der Waals surface area contributed by atoms with Crippen molar-refractivity contribution < 1.29 is 14.7 Å². The van der Waals surface area contributed by atoms with E-state index in [1.54, 1.807) is 36.2 Å². The molecule has 0 saturated heterocycles. The summed E-state index contributed by atoms with van der Waals surface area (Å²) in [5.41, 5.74) is 1.22. The summed E-state index contributed by atoms with van der Waals surface area (Å²) in [6.07, 6.45) is 0. The van der Waals surface area contributed by atoms with Gasteiger partial charge in [0, 0.05) is 22.9 Å². The average molecular weight is 407 g/mol. The van der Waals surface area contributed by atoms with Crippen LogP contribution in [0.15, 0.2) is 51.9 Å². The lowest BCUT2D eigenvalue weighted by Gasteiger charge is -2.20. The van der Waals surface area contributed by atoms with Crippen molar-refractivity contribution in [1.82, 2.24) is 4.90 Å². The van der Waals surface area contributed by atoms with Gasteiger partial charge in [-0.2, -0.15) is 0 Å². The Bertz CT molecular complexity index is 800. The molecule has 124 valence electrons. The fourth-order valence-electron chi connectivity index (χ4n) is 2.60. The van der Waals surface area contributed by atoms with E-state index in [4.69, 9.17) is 0 Å². The minimum Gasteiger partial charge on any atom is -0.395 e. The number of likely N-dealkylation sites (N-methyl/N-ethyl adjacent to an activating group) is 1. The number of hydrogen-bond donors (Lipinski definition) is 1. The highest BCUT2D eigenvalue weighted by molar-refractivity contribution is 9.10. The molecule has 1 aromatic carbocycles. The summed E-state index contributed by atoms with van der Waals surface area (Å²) < 4.78 is 0.870. The predicted octanol–water partition coefficient (Wildman–Crippen LogP) is 2.72. The van der Waals surface area contributed by atoms with Crippen molar-refractivity contribution in [1.29, 1.82) is 0 Å². The number of aliphatic hydroxyl groups is 1. The molecule has 0 unspecified atom stereocenters. The molecule has 0 aliphatic carbocycles. The third kappa shape index (κ3) is 2.90. The Morgan fingerprint density at radius 2 is 1.88 bits per heavy atom. The van der Waals surface area contributed by atoms with Crippen molar-refractivity contribution in [3.63, 3.8) is 0 Å². The molecule has 3 rings (SSSR count). The molecule has 24 heavy (non-hydrogen) atoms. The number of carbonyl (C=O) groups is 2. The molecule has 5 nitrogen and oxygen atoms in total. The van der Waals surface area contributed by atoms with Crippen molar-refractivity contribution in [2.75, 3.05) is 25.1 Å². The van der Waals surface area contributed by atoms with Gasteiger partial charge in [-0.25, -0.2) is 4.90 Å². The number of aliphatic hydroxyl groups excluding tert-OH is 1. The smallest absolute Gasteiger partial charge is 0.282 e. The monoisotopic (exact) mass is 406 g/mol. The Hall–Kier alpha value is -1.96. The number of carbonyl (C=O) groups excluding carboxylic acids is 2. The van der Waals surface area contributed by atoms with Crippen molar-refractivity contribution >= 4 is 50.3 Å². The Morgan fingerprint density at radius 3 is 2.46 bits per heavy atom. The van der Waals surface area contributed by atoms with Crippen LogP contribution in [0.1, 0.15) is 4.88 Å². The van der Waals surface area contributed by atoms with E-state index >= 15 is 0 Å². The van der Waals surface area contributed by atoms with Gasteiger partial charge in [0.2, 0.25) is 0 Å². The summed E-state index contributed by atoms with van der Waals surface area (Å²) in [5, 5.41) is 11.1. The summed E-state index contributed by atoms with van der Waals surface area (Å²) in [5.74, 6) is -0.716. The summed E-state index contributed by atoms with van der Waals surface area (Å²) in [6, 6.07) is 10.7. The largest absolute Gasteiger partial charge is 0.395 e. The van der Waals surface area contributed by atoms with Crippen LogP contribution in [0.3, 0.4) is 0 Å². The summed E-state index contributed by atoms with van der Waals surface area (Å²) in [7, 11) is 1.70. The van der Waals surface area contributed by atoms with E-state index in [1.807, 2.05) is 17.5 Å². The molecule has 2 amide bonds. The zero-order chi connectivity index (χ0) is 17.3. The van der Waals surface area contributed by atoms with E-state index < -0.39 is 0 Å². The molecule has 0 saturated carbocycles. The third-order valence-electron chi connectivity index (χ3n) is 3.73. The van der Waals surface area contributed by atoms with Crippen LogP contribution in [0, 0.1) is 0 Å². The van der Waals surface area contributed by atoms with Crippen molar-refractivity contribution in [2.24, 2.45) is 0 Å². The SMILES string of the molecule is CN(CCO)C1=C(c2cccs2)C(=O)N(c2ccc(Br)cc2)C1=O. The molecule has 2 heterocycles. The molecule has 7 heteroatoms. The highest BCUT2D eigenvalue weighted by atomic mass is 79.9. The molecule has 0 bridgehead atoms. The van der Waals surface area contributed by atoms with Crippen LogP contribution in [-0.2, 0) is 9.59 Å². The van der Waals surface area contributed by atoms with E-state index in [-0.39, 0.29) is 25.0 Å². The molecule has 2 aromatic rings. The zero-order valence-electron chi connectivity index (χ0n) is 12.9. The number of hydrogen-bond acceptors (Lipinski definition) is 5. The van der Waals surface area contributed by atoms with Gasteiger partial charge >= 0.3 is 0 Å². The van der Waals surface area contributed by atoms with Crippen molar-refractivity contribution in [2.45, 2.75) is 0 Å². The van der Waals surface area contributed by atoms with Crippen molar-refractivity contribution in [3.05, 3.63) is 56.8 Å². The standard InChI is InChI=1S/C17H15BrN2O3S/c1-19(8-9-21)15-14(13-3-2-10-24-13)16(22)20(17(15)23)12-6-4-11(18)5-7-12/h2-7,10,21H,8-9H2,1H3. The minimum atomic E-state index is -0.373.